The van der Waals surface area contributed by atoms with E-state index in [1.165, 1.54) is 18.2 Å². The number of hydrogen-bond acceptors (Lipinski definition) is 6. The van der Waals surface area contributed by atoms with Crippen LogP contribution in [-0.4, -0.2) is 26.8 Å². The first kappa shape index (κ1) is 22.4. The number of rotatable bonds is 4. The molecule has 174 valence electrons. The highest BCUT2D eigenvalue weighted by atomic mass is 35.5. The lowest BCUT2D eigenvalue weighted by molar-refractivity contribution is 0.0697. The predicted molar refractivity (Wildman–Crippen MR) is 129 cm³/mol. The van der Waals surface area contributed by atoms with Crippen molar-refractivity contribution < 1.29 is 18.7 Å². The lowest BCUT2D eigenvalue weighted by Gasteiger charge is -2.14. The van der Waals surface area contributed by atoms with Gasteiger partial charge in [-0.15, -0.1) is 0 Å². The molecule has 7 nitrogen and oxygen atoms in total. The molecule has 0 fully saturated rings. The first-order chi connectivity index (χ1) is 16.8. The number of anilines is 3. The number of benzene rings is 3. The smallest absolute Gasteiger partial charge is 0.335 e. The Morgan fingerprint density at radius 2 is 1.71 bits per heavy atom. The largest absolute Gasteiger partial charge is 0.478 e. The Morgan fingerprint density at radius 1 is 1.00 bits per heavy atom. The second-order valence-electron chi connectivity index (χ2n) is 7.72. The predicted octanol–water partition coefficient (Wildman–Crippen LogP) is 5.45. The summed E-state index contributed by atoms with van der Waals surface area (Å²) in [7, 11) is 0. The van der Waals surface area contributed by atoms with Gasteiger partial charge in [-0.05, 0) is 48.5 Å². The van der Waals surface area contributed by atoms with Gasteiger partial charge in [0.25, 0.3) is 0 Å². The van der Waals surface area contributed by atoms with E-state index in [4.69, 9.17) is 22.4 Å². The molecule has 0 unspecified atom stereocenters. The Kier molecular flexibility index (Phi) is 5.62. The van der Waals surface area contributed by atoms with Crippen LogP contribution in [0.5, 0.6) is 0 Å². The SMILES string of the molecule is Nc1nc(Nc2ccc(C(=O)O)cc2)nc2c1CN=C(c1c(F)cccc1F)c1cc(Cl)ccc1-2. The van der Waals surface area contributed by atoms with Crippen molar-refractivity contribution in [3.63, 3.8) is 0 Å². The average molecular weight is 492 g/mol. The number of nitrogen functional groups attached to an aromatic ring is 1. The first-order valence-electron chi connectivity index (χ1n) is 10.4. The molecular weight excluding hydrogens is 476 g/mol. The number of carbonyl (C=O) groups is 1. The molecule has 0 radical (unpaired) electrons. The fraction of sp³-hybridized carbons (Fsp3) is 0.0400. The zero-order valence-electron chi connectivity index (χ0n) is 17.9. The number of carboxylic acids is 1. The van der Waals surface area contributed by atoms with E-state index in [1.807, 2.05) is 0 Å². The van der Waals surface area contributed by atoms with E-state index < -0.39 is 17.6 Å². The van der Waals surface area contributed by atoms with E-state index in [0.717, 1.165) is 12.1 Å². The molecule has 35 heavy (non-hydrogen) atoms. The summed E-state index contributed by atoms with van der Waals surface area (Å²) in [6.45, 7) is -0.00976. The molecule has 0 spiro atoms. The van der Waals surface area contributed by atoms with Gasteiger partial charge in [0, 0.05) is 27.4 Å². The standard InChI is InChI=1S/C25H16ClF2N5O2/c26-13-6-9-15-16(10-13)22(20-18(27)2-1-3-19(20)28)30-11-17-21(15)32-25(33-23(17)29)31-14-7-4-12(5-8-14)24(34)35/h1-10H,11H2,(H,34,35)(H3,29,31,32,33). The van der Waals surface area contributed by atoms with E-state index in [9.17, 15) is 13.6 Å². The Balaban J connectivity index is 1.63. The summed E-state index contributed by atoms with van der Waals surface area (Å²) in [4.78, 5) is 24.5. The quantitative estimate of drug-likeness (QED) is 0.350. The number of aliphatic imine (C=N–C) groups is 1. The summed E-state index contributed by atoms with van der Waals surface area (Å²) in [6, 6.07) is 14.5. The number of halogens is 3. The minimum absolute atomic E-state index is 0.00976. The van der Waals surface area contributed by atoms with Gasteiger partial charge >= 0.3 is 5.97 Å². The minimum Gasteiger partial charge on any atom is -0.478 e. The van der Waals surface area contributed by atoms with Gasteiger partial charge < -0.3 is 16.2 Å². The van der Waals surface area contributed by atoms with Crippen LogP contribution in [-0.2, 0) is 6.54 Å². The highest BCUT2D eigenvalue weighted by molar-refractivity contribution is 6.31. The van der Waals surface area contributed by atoms with Crippen molar-refractivity contribution >= 4 is 40.7 Å². The third kappa shape index (κ3) is 4.17. The van der Waals surface area contributed by atoms with Gasteiger partial charge in [-0.2, -0.15) is 4.98 Å². The molecule has 1 aliphatic rings. The number of nitrogens with two attached hydrogens (primary N) is 1. The number of carboxylic acid groups (broad SMARTS) is 1. The summed E-state index contributed by atoms with van der Waals surface area (Å²) in [5.41, 5.74) is 8.60. The van der Waals surface area contributed by atoms with Crippen molar-refractivity contribution in [1.29, 1.82) is 0 Å². The van der Waals surface area contributed by atoms with Crippen LogP contribution in [0.4, 0.5) is 26.2 Å². The van der Waals surface area contributed by atoms with Crippen molar-refractivity contribution in [2.75, 3.05) is 11.1 Å². The van der Waals surface area contributed by atoms with Gasteiger partial charge in [0.05, 0.1) is 29.1 Å². The fourth-order valence-electron chi connectivity index (χ4n) is 3.86. The number of fused-ring (bicyclic) bond motifs is 3. The molecule has 1 aromatic heterocycles. The Bertz CT molecular complexity index is 1500. The zero-order chi connectivity index (χ0) is 24.7. The minimum atomic E-state index is -1.04. The lowest BCUT2D eigenvalue weighted by atomic mass is 9.94. The van der Waals surface area contributed by atoms with E-state index in [1.54, 1.807) is 30.3 Å². The third-order valence-electron chi connectivity index (χ3n) is 5.51. The first-order valence-corrected chi connectivity index (χ1v) is 10.8. The van der Waals surface area contributed by atoms with Crippen LogP contribution in [0.3, 0.4) is 0 Å². The topological polar surface area (TPSA) is 113 Å². The molecule has 0 saturated heterocycles. The van der Waals surface area contributed by atoms with Gasteiger partial charge in [0.15, 0.2) is 0 Å². The van der Waals surface area contributed by atoms with Crippen molar-refractivity contribution in [1.82, 2.24) is 9.97 Å². The number of aromatic carboxylic acids is 1. The summed E-state index contributed by atoms with van der Waals surface area (Å²) in [5.74, 6) is -2.26. The third-order valence-corrected chi connectivity index (χ3v) is 5.75. The van der Waals surface area contributed by atoms with Crippen LogP contribution in [0, 0.1) is 11.6 Å². The highest BCUT2D eigenvalue weighted by Crippen LogP contribution is 2.36. The highest BCUT2D eigenvalue weighted by Gasteiger charge is 2.26. The number of hydrogen-bond donors (Lipinski definition) is 3. The molecule has 3 aromatic carbocycles. The second-order valence-corrected chi connectivity index (χ2v) is 8.15. The maximum absolute atomic E-state index is 14.7. The van der Waals surface area contributed by atoms with E-state index in [-0.39, 0.29) is 35.1 Å². The Hall–Kier alpha value is -4.37. The molecule has 0 saturated carbocycles. The van der Waals surface area contributed by atoms with Crippen LogP contribution in [0.2, 0.25) is 5.02 Å². The molecule has 2 heterocycles. The molecule has 4 aromatic rings. The molecule has 4 N–H and O–H groups in total. The van der Waals surface area contributed by atoms with Gasteiger partial charge in [-0.1, -0.05) is 23.7 Å². The maximum atomic E-state index is 14.7. The Morgan fingerprint density at radius 3 is 2.40 bits per heavy atom. The zero-order valence-corrected chi connectivity index (χ0v) is 18.6. The van der Waals surface area contributed by atoms with Crippen molar-refractivity contribution in [3.05, 3.63) is 99.6 Å². The molecular formula is C25H16ClF2N5O2. The number of aromatic nitrogens is 2. The van der Waals surface area contributed by atoms with Crippen LogP contribution < -0.4 is 11.1 Å². The van der Waals surface area contributed by atoms with Crippen molar-refractivity contribution in [2.45, 2.75) is 6.54 Å². The van der Waals surface area contributed by atoms with Gasteiger partial charge in [0.2, 0.25) is 5.95 Å². The summed E-state index contributed by atoms with van der Waals surface area (Å²) in [6.07, 6.45) is 0. The normalized spacial score (nSPS) is 12.3. The van der Waals surface area contributed by atoms with Gasteiger partial charge in [0.1, 0.15) is 17.5 Å². The van der Waals surface area contributed by atoms with Crippen molar-refractivity contribution in [3.8, 4) is 11.3 Å². The van der Waals surface area contributed by atoms with Crippen molar-refractivity contribution in [2.24, 2.45) is 4.99 Å². The Labute approximate surface area is 203 Å². The van der Waals surface area contributed by atoms with Crippen LogP contribution >= 0.6 is 11.6 Å². The molecule has 5 rings (SSSR count). The summed E-state index contributed by atoms with van der Waals surface area (Å²) in [5, 5.41) is 12.4. The average Bonchev–Trinajstić information content (AvgIpc) is 2.97. The molecule has 0 aliphatic carbocycles. The van der Waals surface area contributed by atoms with E-state index in [0.29, 0.717) is 33.1 Å². The molecule has 10 heteroatoms. The molecule has 0 bridgehead atoms. The number of nitrogens with zero attached hydrogens (tertiary/aromatic N) is 3. The maximum Gasteiger partial charge on any atom is 0.335 e. The van der Waals surface area contributed by atoms with Crippen LogP contribution in [0.15, 0.2) is 65.7 Å². The fourth-order valence-corrected chi connectivity index (χ4v) is 4.03. The second kappa shape index (κ2) is 8.77. The van der Waals surface area contributed by atoms with Crippen LogP contribution in [0.25, 0.3) is 11.3 Å². The van der Waals surface area contributed by atoms with Crippen LogP contribution in [0.1, 0.15) is 27.0 Å². The van der Waals surface area contributed by atoms with E-state index in [2.05, 4.69) is 20.3 Å². The van der Waals surface area contributed by atoms with Gasteiger partial charge in [-0.25, -0.2) is 18.6 Å². The molecule has 1 aliphatic heterocycles. The summed E-state index contributed by atoms with van der Waals surface area (Å²) >= 11 is 6.24. The molecule has 0 atom stereocenters. The lowest BCUT2D eigenvalue weighted by Crippen LogP contribution is -2.10. The van der Waals surface area contributed by atoms with Gasteiger partial charge in [-0.3, -0.25) is 4.99 Å². The number of nitrogens with one attached hydrogen (secondary N) is 1. The molecule has 0 amide bonds. The summed E-state index contributed by atoms with van der Waals surface area (Å²) < 4.78 is 29.4. The van der Waals surface area contributed by atoms with E-state index >= 15 is 0 Å². The monoisotopic (exact) mass is 491 g/mol.